The van der Waals surface area contributed by atoms with Crippen molar-refractivity contribution in [2.24, 2.45) is 0 Å². The molecule has 0 unspecified atom stereocenters. The zero-order valence-corrected chi connectivity index (χ0v) is 18.1. The predicted molar refractivity (Wildman–Crippen MR) is 115 cm³/mol. The molecular formula is C23H23NO5S. The van der Waals surface area contributed by atoms with E-state index in [0.29, 0.717) is 11.3 Å². The van der Waals surface area contributed by atoms with Gasteiger partial charge in [0.15, 0.2) is 5.60 Å². The van der Waals surface area contributed by atoms with Crippen molar-refractivity contribution in [3.8, 4) is 16.3 Å². The van der Waals surface area contributed by atoms with Crippen molar-refractivity contribution in [3.63, 3.8) is 0 Å². The Morgan fingerprint density at radius 2 is 1.67 bits per heavy atom. The molecule has 0 bridgehead atoms. The number of esters is 1. The molecule has 3 aromatic rings. The minimum absolute atomic E-state index is 0.137. The van der Waals surface area contributed by atoms with E-state index in [4.69, 9.17) is 14.6 Å². The molecule has 0 atom stereocenters. The van der Waals surface area contributed by atoms with Gasteiger partial charge in [0, 0.05) is 5.56 Å². The summed E-state index contributed by atoms with van der Waals surface area (Å²) in [5.74, 6) is -1.18. The fourth-order valence-corrected chi connectivity index (χ4v) is 3.57. The van der Waals surface area contributed by atoms with Crippen molar-refractivity contribution in [1.29, 1.82) is 0 Å². The van der Waals surface area contributed by atoms with Gasteiger partial charge >= 0.3 is 11.9 Å². The topological polar surface area (TPSA) is 85.7 Å². The highest BCUT2D eigenvalue weighted by atomic mass is 32.1. The number of carbonyl (C=O) groups excluding carboxylic acids is 1. The van der Waals surface area contributed by atoms with Crippen LogP contribution in [0, 0.1) is 13.8 Å². The van der Waals surface area contributed by atoms with Crippen LogP contribution in [-0.2, 0) is 16.1 Å². The van der Waals surface area contributed by atoms with Gasteiger partial charge in [-0.3, -0.25) is 0 Å². The number of aromatic nitrogens is 1. The minimum Gasteiger partial charge on any atom is -0.478 e. The number of carboxylic acids is 1. The minimum atomic E-state index is -1.36. The molecule has 6 nitrogen and oxygen atoms in total. The Morgan fingerprint density at radius 3 is 2.27 bits per heavy atom. The predicted octanol–water partition coefficient (Wildman–Crippen LogP) is 5.03. The van der Waals surface area contributed by atoms with Crippen LogP contribution in [0.1, 0.15) is 40.3 Å². The highest BCUT2D eigenvalue weighted by Crippen LogP contribution is 2.29. The highest BCUT2D eigenvalue weighted by molar-refractivity contribution is 7.15. The molecule has 0 aliphatic heterocycles. The molecule has 0 saturated heterocycles. The second kappa shape index (κ2) is 8.67. The molecule has 0 fully saturated rings. The summed E-state index contributed by atoms with van der Waals surface area (Å²) in [5, 5.41) is 10.0. The molecular weight excluding hydrogens is 402 g/mol. The number of thiazole rings is 1. The Labute approximate surface area is 179 Å². The van der Waals surface area contributed by atoms with E-state index in [0.717, 1.165) is 21.1 Å². The van der Waals surface area contributed by atoms with Gasteiger partial charge in [0.1, 0.15) is 17.4 Å². The molecule has 0 amide bonds. The molecule has 0 radical (unpaired) electrons. The van der Waals surface area contributed by atoms with Gasteiger partial charge in [0.05, 0.1) is 16.1 Å². The van der Waals surface area contributed by atoms with Crippen LogP contribution in [0.2, 0.25) is 0 Å². The van der Waals surface area contributed by atoms with Gasteiger partial charge in [-0.15, -0.1) is 11.3 Å². The molecule has 1 heterocycles. The van der Waals surface area contributed by atoms with Crippen molar-refractivity contribution in [1.82, 2.24) is 4.98 Å². The SMILES string of the molecule is Cc1ccc(-c2nc(C)c(COC(=O)c3ccc(OC(C)(C)C(=O)O)cc3)s2)cc1. The lowest BCUT2D eigenvalue weighted by molar-refractivity contribution is -0.152. The fourth-order valence-electron chi connectivity index (χ4n) is 2.59. The van der Waals surface area contributed by atoms with Gasteiger partial charge in [-0.1, -0.05) is 29.8 Å². The molecule has 1 aromatic heterocycles. The van der Waals surface area contributed by atoms with Crippen molar-refractivity contribution in [2.75, 3.05) is 0 Å². The molecule has 2 aromatic carbocycles. The molecule has 156 valence electrons. The van der Waals surface area contributed by atoms with Crippen molar-refractivity contribution < 1.29 is 24.2 Å². The van der Waals surface area contributed by atoms with Crippen molar-refractivity contribution in [3.05, 3.63) is 70.2 Å². The molecule has 30 heavy (non-hydrogen) atoms. The molecule has 0 aliphatic rings. The van der Waals surface area contributed by atoms with E-state index in [1.54, 1.807) is 24.3 Å². The number of aliphatic carboxylic acids is 1. The third-order valence-electron chi connectivity index (χ3n) is 4.50. The second-order valence-electron chi connectivity index (χ2n) is 7.41. The molecule has 1 N–H and O–H groups in total. The number of carbonyl (C=O) groups is 2. The first kappa shape index (κ1) is 21.5. The summed E-state index contributed by atoms with van der Waals surface area (Å²) < 4.78 is 10.9. The van der Waals surface area contributed by atoms with Crippen molar-refractivity contribution >= 4 is 23.3 Å². The van der Waals surface area contributed by atoms with Crippen LogP contribution >= 0.6 is 11.3 Å². The zero-order chi connectivity index (χ0) is 21.9. The monoisotopic (exact) mass is 425 g/mol. The molecule has 0 spiro atoms. The van der Waals surface area contributed by atoms with Gasteiger partial charge in [0.25, 0.3) is 0 Å². The summed E-state index contributed by atoms with van der Waals surface area (Å²) in [6.07, 6.45) is 0. The van der Waals surface area contributed by atoms with E-state index in [2.05, 4.69) is 4.98 Å². The van der Waals surface area contributed by atoms with Gasteiger partial charge in [-0.05, 0) is 52.0 Å². The van der Waals surface area contributed by atoms with Crippen molar-refractivity contribution in [2.45, 2.75) is 39.9 Å². The lowest BCUT2D eigenvalue weighted by atomic mass is 10.1. The number of benzene rings is 2. The Hall–Kier alpha value is -3.19. The average molecular weight is 426 g/mol. The molecule has 0 aliphatic carbocycles. The number of ether oxygens (including phenoxy) is 2. The van der Waals surface area contributed by atoms with Crippen LogP contribution in [0.15, 0.2) is 48.5 Å². The number of rotatable bonds is 7. The van der Waals surface area contributed by atoms with Gasteiger partial charge in [-0.2, -0.15) is 0 Å². The lowest BCUT2D eigenvalue weighted by Crippen LogP contribution is -2.37. The molecule has 0 saturated carbocycles. The zero-order valence-electron chi connectivity index (χ0n) is 17.3. The summed E-state index contributed by atoms with van der Waals surface area (Å²) in [7, 11) is 0. The Morgan fingerprint density at radius 1 is 1.03 bits per heavy atom. The number of hydrogen-bond acceptors (Lipinski definition) is 6. The van der Waals surface area contributed by atoms with Gasteiger partial charge < -0.3 is 14.6 Å². The van der Waals surface area contributed by atoms with Crippen LogP contribution in [0.5, 0.6) is 5.75 Å². The first-order chi connectivity index (χ1) is 14.2. The van der Waals surface area contributed by atoms with E-state index < -0.39 is 17.5 Å². The van der Waals surface area contributed by atoms with Gasteiger partial charge in [0.2, 0.25) is 0 Å². The summed E-state index contributed by atoms with van der Waals surface area (Å²) >= 11 is 1.50. The summed E-state index contributed by atoms with van der Waals surface area (Å²) in [5.41, 5.74) is 2.05. The van der Waals surface area contributed by atoms with Crippen LogP contribution in [0.25, 0.3) is 10.6 Å². The van der Waals surface area contributed by atoms with E-state index >= 15 is 0 Å². The summed E-state index contributed by atoms with van der Waals surface area (Å²) in [6, 6.07) is 14.3. The average Bonchev–Trinajstić information content (AvgIpc) is 3.07. The fraction of sp³-hybridized carbons (Fsp3) is 0.261. The summed E-state index contributed by atoms with van der Waals surface area (Å²) in [4.78, 5) is 29.0. The standard InChI is InChI=1S/C23H23NO5S/c1-14-5-7-16(8-6-14)20-24-15(2)19(30-20)13-28-21(25)17-9-11-18(12-10-17)29-23(3,4)22(26)27/h5-12H,13H2,1-4H3,(H,26,27). The normalized spacial score (nSPS) is 11.2. The maximum atomic E-state index is 12.4. The Balaban J connectivity index is 1.63. The Bertz CT molecular complexity index is 1050. The van der Waals surface area contributed by atoms with E-state index in [1.807, 2.05) is 38.1 Å². The lowest BCUT2D eigenvalue weighted by Gasteiger charge is -2.21. The largest absolute Gasteiger partial charge is 0.478 e. The van der Waals surface area contributed by atoms with Crippen LogP contribution in [-0.4, -0.2) is 27.6 Å². The highest BCUT2D eigenvalue weighted by Gasteiger charge is 2.29. The first-order valence-corrected chi connectivity index (χ1v) is 10.2. The quantitative estimate of drug-likeness (QED) is 0.535. The number of carboxylic acid groups (broad SMARTS) is 1. The van der Waals surface area contributed by atoms with Crippen LogP contribution in [0.4, 0.5) is 0 Å². The smallest absolute Gasteiger partial charge is 0.347 e. The van der Waals surface area contributed by atoms with Crippen LogP contribution in [0.3, 0.4) is 0 Å². The maximum Gasteiger partial charge on any atom is 0.347 e. The second-order valence-corrected chi connectivity index (χ2v) is 8.50. The molecule has 3 rings (SSSR count). The van der Waals surface area contributed by atoms with E-state index in [1.165, 1.54) is 30.7 Å². The van der Waals surface area contributed by atoms with E-state index in [9.17, 15) is 9.59 Å². The number of aryl methyl sites for hydroxylation is 2. The maximum absolute atomic E-state index is 12.4. The molecule has 7 heteroatoms. The first-order valence-electron chi connectivity index (χ1n) is 9.38. The summed E-state index contributed by atoms with van der Waals surface area (Å²) in [6.45, 7) is 6.99. The third kappa shape index (κ3) is 5.04. The Kier molecular flexibility index (Phi) is 6.22. The van der Waals surface area contributed by atoms with Gasteiger partial charge in [-0.25, -0.2) is 14.6 Å². The van der Waals surface area contributed by atoms with Crippen LogP contribution < -0.4 is 4.74 Å². The number of hydrogen-bond donors (Lipinski definition) is 1. The third-order valence-corrected chi connectivity index (χ3v) is 5.68. The van der Waals surface area contributed by atoms with E-state index in [-0.39, 0.29) is 6.61 Å². The number of nitrogens with zero attached hydrogens (tertiary/aromatic N) is 1.